The molecule has 0 radical (unpaired) electrons. The van der Waals surface area contributed by atoms with Crippen molar-refractivity contribution in [3.63, 3.8) is 0 Å². The van der Waals surface area contributed by atoms with Crippen molar-refractivity contribution in [2.24, 2.45) is 7.05 Å². The Labute approximate surface area is 62.1 Å². The van der Waals surface area contributed by atoms with Gasteiger partial charge < -0.3 is 9.88 Å². The third-order valence-corrected chi connectivity index (χ3v) is 1.06. The van der Waals surface area contributed by atoms with Crippen LogP contribution in [0.5, 0.6) is 0 Å². The number of imidazole rings is 1. The van der Waals surface area contributed by atoms with Crippen molar-refractivity contribution in [2.75, 3.05) is 14.1 Å². The van der Waals surface area contributed by atoms with Crippen molar-refractivity contribution in [3.8, 4) is 0 Å². The van der Waals surface area contributed by atoms with E-state index in [1.165, 1.54) is 0 Å². The molecule has 0 spiro atoms. The molecular weight excluding hydrogens is 126 g/mol. The molecule has 1 rings (SSSR count). The average molecular weight is 141 g/mol. The molecule has 0 amide bonds. The first-order valence-corrected chi connectivity index (χ1v) is 3.24. The summed E-state index contributed by atoms with van der Waals surface area (Å²) < 4.78 is 1.97. The van der Waals surface area contributed by atoms with Gasteiger partial charge in [0, 0.05) is 19.4 Å². The molecule has 1 N–H and O–H groups in total. The van der Waals surface area contributed by atoms with Gasteiger partial charge in [-0.1, -0.05) is 0 Å². The van der Waals surface area contributed by atoms with Gasteiger partial charge in [0.1, 0.15) is 5.82 Å². The molecule has 0 fully saturated rings. The SMILES string of the molecule is CNC.Cc1nccn1C. The van der Waals surface area contributed by atoms with E-state index in [0.717, 1.165) is 5.82 Å². The number of nitrogens with zero attached hydrogens (tertiary/aromatic N) is 2. The van der Waals surface area contributed by atoms with E-state index in [2.05, 4.69) is 10.3 Å². The molecule has 3 nitrogen and oxygen atoms in total. The molecule has 0 bridgehead atoms. The Kier molecular flexibility index (Phi) is 4.58. The second-order valence-corrected chi connectivity index (χ2v) is 2.09. The van der Waals surface area contributed by atoms with E-state index in [1.807, 2.05) is 38.8 Å². The highest BCUT2D eigenvalue weighted by molar-refractivity contribution is 4.85. The number of aromatic nitrogens is 2. The highest BCUT2D eigenvalue weighted by Crippen LogP contribution is 1.86. The summed E-state index contributed by atoms with van der Waals surface area (Å²) in [5.74, 6) is 1.06. The minimum atomic E-state index is 1.06. The third kappa shape index (κ3) is 3.25. The summed E-state index contributed by atoms with van der Waals surface area (Å²) in [6.45, 7) is 1.97. The van der Waals surface area contributed by atoms with Gasteiger partial charge in [0.05, 0.1) is 0 Å². The summed E-state index contributed by atoms with van der Waals surface area (Å²) in [6, 6.07) is 0. The molecule has 3 heteroatoms. The van der Waals surface area contributed by atoms with E-state index >= 15 is 0 Å². The first-order valence-electron chi connectivity index (χ1n) is 3.24. The van der Waals surface area contributed by atoms with Crippen molar-refractivity contribution in [1.29, 1.82) is 0 Å². The van der Waals surface area contributed by atoms with Gasteiger partial charge in [-0.3, -0.25) is 0 Å². The lowest BCUT2D eigenvalue weighted by atomic mass is 10.7. The van der Waals surface area contributed by atoms with Crippen LogP contribution in [0.1, 0.15) is 5.82 Å². The number of aryl methyl sites for hydroxylation is 2. The Morgan fingerprint density at radius 2 is 2.00 bits per heavy atom. The lowest BCUT2D eigenvalue weighted by Gasteiger charge is -1.87. The molecule has 0 atom stereocenters. The highest BCUT2D eigenvalue weighted by Gasteiger charge is 1.83. The standard InChI is InChI=1S/C5H8N2.C2H7N/c1-5-6-3-4-7(5)2;1-3-2/h3-4H,1-2H3;3H,1-2H3. The van der Waals surface area contributed by atoms with E-state index in [4.69, 9.17) is 0 Å². The molecular formula is C7H15N3. The van der Waals surface area contributed by atoms with Crippen LogP contribution in [-0.2, 0) is 7.05 Å². The van der Waals surface area contributed by atoms with E-state index < -0.39 is 0 Å². The third-order valence-electron chi connectivity index (χ3n) is 1.06. The summed E-state index contributed by atoms with van der Waals surface area (Å²) >= 11 is 0. The molecule has 0 saturated carbocycles. The predicted octanol–water partition coefficient (Wildman–Crippen LogP) is 0.564. The minimum absolute atomic E-state index is 1.06. The monoisotopic (exact) mass is 141 g/mol. The summed E-state index contributed by atoms with van der Waals surface area (Å²) in [5, 5.41) is 2.75. The van der Waals surface area contributed by atoms with E-state index in [1.54, 1.807) is 6.20 Å². The average Bonchev–Trinajstić information content (AvgIpc) is 2.19. The van der Waals surface area contributed by atoms with Crippen molar-refractivity contribution in [3.05, 3.63) is 18.2 Å². The molecule has 0 unspecified atom stereocenters. The Hall–Kier alpha value is -0.830. The zero-order valence-electron chi connectivity index (χ0n) is 7.05. The summed E-state index contributed by atoms with van der Waals surface area (Å²) in [6.07, 6.45) is 3.71. The van der Waals surface area contributed by atoms with Gasteiger partial charge in [-0.15, -0.1) is 0 Å². The zero-order valence-corrected chi connectivity index (χ0v) is 7.05. The zero-order chi connectivity index (χ0) is 7.98. The first kappa shape index (κ1) is 9.17. The topological polar surface area (TPSA) is 29.9 Å². The Morgan fingerprint density at radius 1 is 1.50 bits per heavy atom. The smallest absolute Gasteiger partial charge is 0.105 e. The van der Waals surface area contributed by atoms with Crippen molar-refractivity contribution in [1.82, 2.24) is 14.9 Å². The van der Waals surface area contributed by atoms with Crippen LogP contribution in [0.3, 0.4) is 0 Å². The molecule has 0 aromatic carbocycles. The van der Waals surface area contributed by atoms with Gasteiger partial charge in [0.25, 0.3) is 0 Å². The lowest BCUT2D eigenvalue weighted by Crippen LogP contribution is -1.89. The van der Waals surface area contributed by atoms with Gasteiger partial charge in [-0.05, 0) is 21.0 Å². The van der Waals surface area contributed by atoms with Crippen molar-refractivity contribution < 1.29 is 0 Å². The second-order valence-electron chi connectivity index (χ2n) is 2.09. The summed E-state index contributed by atoms with van der Waals surface area (Å²) in [4.78, 5) is 3.98. The maximum Gasteiger partial charge on any atom is 0.105 e. The molecule has 0 aliphatic carbocycles. The highest BCUT2D eigenvalue weighted by atomic mass is 15.0. The van der Waals surface area contributed by atoms with Gasteiger partial charge in [-0.2, -0.15) is 0 Å². The number of rotatable bonds is 0. The van der Waals surface area contributed by atoms with Crippen molar-refractivity contribution >= 4 is 0 Å². The lowest BCUT2D eigenvalue weighted by molar-refractivity contribution is 0.858. The molecule has 1 aromatic rings. The van der Waals surface area contributed by atoms with Gasteiger partial charge in [0.2, 0.25) is 0 Å². The first-order chi connectivity index (χ1) is 4.72. The van der Waals surface area contributed by atoms with Gasteiger partial charge in [-0.25, -0.2) is 4.98 Å². The molecule has 0 aliphatic heterocycles. The Morgan fingerprint density at radius 3 is 2.10 bits per heavy atom. The van der Waals surface area contributed by atoms with Crippen LogP contribution in [0.4, 0.5) is 0 Å². The molecule has 0 aliphatic rings. The molecule has 1 aromatic heterocycles. The molecule has 0 saturated heterocycles. The largest absolute Gasteiger partial charge is 0.338 e. The van der Waals surface area contributed by atoms with E-state index in [9.17, 15) is 0 Å². The molecule has 58 valence electrons. The normalized spacial score (nSPS) is 8.40. The number of hydrogen-bond donors (Lipinski definition) is 1. The van der Waals surface area contributed by atoms with Crippen LogP contribution >= 0.6 is 0 Å². The summed E-state index contributed by atoms with van der Waals surface area (Å²) in [7, 11) is 5.72. The molecule has 1 heterocycles. The van der Waals surface area contributed by atoms with Crippen LogP contribution < -0.4 is 5.32 Å². The Bertz CT molecular complexity index is 153. The quantitative estimate of drug-likeness (QED) is 0.572. The van der Waals surface area contributed by atoms with Crippen LogP contribution in [0, 0.1) is 6.92 Å². The van der Waals surface area contributed by atoms with Crippen LogP contribution in [0.25, 0.3) is 0 Å². The van der Waals surface area contributed by atoms with Gasteiger partial charge in [0.15, 0.2) is 0 Å². The summed E-state index contributed by atoms with van der Waals surface area (Å²) in [5.41, 5.74) is 0. The maximum atomic E-state index is 3.98. The fraction of sp³-hybridized carbons (Fsp3) is 0.571. The van der Waals surface area contributed by atoms with E-state index in [0.29, 0.717) is 0 Å². The van der Waals surface area contributed by atoms with Crippen molar-refractivity contribution in [2.45, 2.75) is 6.92 Å². The van der Waals surface area contributed by atoms with Crippen LogP contribution in [0.15, 0.2) is 12.4 Å². The second kappa shape index (κ2) is 4.99. The van der Waals surface area contributed by atoms with Crippen LogP contribution in [0.2, 0.25) is 0 Å². The minimum Gasteiger partial charge on any atom is -0.338 e. The fourth-order valence-electron chi connectivity index (χ4n) is 0.440. The number of nitrogens with one attached hydrogen (secondary N) is 1. The van der Waals surface area contributed by atoms with Crippen LogP contribution in [-0.4, -0.2) is 23.6 Å². The maximum absolute atomic E-state index is 3.98. The van der Waals surface area contributed by atoms with E-state index in [-0.39, 0.29) is 0 Å². The number of hydrogen-bond acceptors (Lipinski definition) is 2. The predicted molar refractivity (Wildman–Crippen MR) is 42.9 cm³/mol. The Balaban J connectivity index is 0.000000236. The fourth-order valence-corrected chi connectivity index (χ4v) is 0.440. The molecule has 10 heavy (non-hydrogen) atoms. The van der Waals surface area contributed by atoms with Gasteiger partial charge >= 0.3 is 0 Å².